The van der Waals surface area contributed by atoms with Crippen LogP contribution in [0.1, 0.15) is 29.4 Å². The lowest BCUT2D eigenvalue weighted by Gasteiger charge is -2.16. The van der Waals surface area contributed by atoms with Gasteiger partial charge in [-0.15, -0.1) is 0 Å². The summed E-state index contributed by atoms with van der Waals surface area (Å²) in [5.74, 6) is 0. The van der Waals surface area contributed by atoms with Crippen LogP contribution in [0, 0.1) is 27.7 Å². The standard InChI is InChI=1S/C16H23N3O2S/c1-11-6-7-16(8-12(11)2)22(20,21)18-14(4)10-19-15(5)9-13(3)17-19/h6-9,14,18H,10H2,1-5H3. The topological polar surface area (TPSA) is 64.0 Å². The molecule has 1 atom stereocenters. The van der Waals surface area contributed by atoms with Crippen molar-refractivity contribution in [3.05, 3.63) is 46.8 Å². The van der Waals surface area contributed by atoms with Gasteiger partial charge in [0.05, 0.1) is 17.1 Å². The van der Waals surface area contributed by atoms with Crippen LogP contribution in [0.2, 0.25) is 0 Å². The van der Waals surface area contributed by atoms with Crippen LogP contribution in [0.3, 0.4) is 0 Å². The van der Waals surface area contributed by atoms with Gasteiger partial charge in [0.15, 0.2) is 0 Å². The van der Waals surface area contributed by atoms with Crippen LogP contribution in [-0.4, -0.2) is 24.2 Å². The molecule has 0 fully saturated rings. The number of hydrogen-bond donors (Lipinski definition) is 1. The first kappa shape index (κ1) is 16.7. The van der Waals surface area contributed by atoms with Crippen molar-refractivity contribution in [3.8, 4) is 0 Å². The van der Waals surface area contributed by atoms with Gasteiger partial charge in [-0.25, -0.2) is 13.1 Å². The molecule has 0 bridgehead atoms. The summed E-state index contributed by atoms with van der Waals surface area (Å²) in [6.07, 6.45) is 0. The summed E-state index contributed by atoms with van der Waals surface area (Å²) < 4.78 is 29.4. The van der Waals surface area contributed by atoms with Crippen molar-refractivity contribution < 1.29 is 8.42 Å². The Morgan fingerprint density at radius 3 is 2.36 bits per heavy atom. The number of sulfonamides is 1. The number of rotatable bonds is 5. The third-order valence-electron chi connectivity index (χ3n) is 3.70. The van der Waals surface area contributed by atoms with Gasteiger partial charge in [-0.1, -0.05) is 6.07 Å². The molecule has 6 heteroatoms. The highest BCUT2D eigenvalue weighted by molar-refractivity contribution is 7.89. The maximum absolute atomic E-state index is 12.4. The summed E-state index contributed by atoms with van der Waals surface area (Å²) in [4.78, 5) is 0.302. The van der Waals surface area contributed by atoms with Crippen molar-refractivity contribution in [1.29, 1.82) is 0 Å². The molecule has 0 aliphatic rings. The largest absolute Gasteiger partial charge is 0.268 e. The lowest BCUT2D eigenvalue weighted by Crippen LogP contribution is -2.36. The molecular weight excluding hydrogens is 298 g/mol. The Labute approximate surface area is 132 Å². The molecule has 0 spiro atoms. The van der Waals surface area contributed by atoms with E-state index in [9.17, 15) is 8.42 Å². The number of nitrogens with zero attached hydrogens (tertiary/aromatic N) is 2. The zero-order valence-corrected chi connectivity index (χ0v) is 14.5. The number of aryl methyl sites for hydroxylation is 4. The van der Waals surface area contributed by atoms with Gasteiger partial charge in [-0.2, -0.15) is 5.10 Å². The van der Waals surface area contributed by atoms with Crippen LogP contribution >= 0.6 is 0 Å². The number of nitrogens with one attached hydrogen (secondary N) is 1. The molecule has 0 radical (unpaired) electrons. The van der Waals surface area contributed by atoms with Crippen LogP contribution < -0.4 is 4.72 Å². The number of hydrogen-bond acceptors (Lipinski definition) is 3. The lowest BCUT2D eigenvalue weighted by atomic mass is 10.1. The van der Waals surface area contributed by atoms with Gasteiger partial charge in [0.2, 0.25) is 10.0 Å². The van der Waals surface area contributed by atoms with Crippen molar-refractivity contribution in [1.82, 2.24) is 14.5 Å². The Hall–Kier alpha value is -1.66. The minimum Gasteiger partial charge on any atom is -0.268 e. The van der Waals surface area contributed by atoms with E-state index in [1.165, 1.54) is 0 Å². The molecule has 2 aromatic rings. The van der Waals surface area contributed by atoms with Gasteiger partial charge in [0.1, 0.15) is 0 Å². The van der Waals surface area contributed by atoms with Crippen LogP contribution in [0.25, 0.3) is 0 Å². The van der Waals surface area contributed by atoms with E-state index in [0.717, 1.165) is 22.5 Å². The van der Waals surface area contributed by atoms with Crippen molar-refractivity contribution in [3.63, 3.8) is 0 Å². The lowest BCUT2D eigenvalue weighted by molar-refractivity contribution is 0.485. The molecule has 1 heterocycles. The van der Waals surface area contributed by atoms with Gasteiger partial charge in [-0.3, -0.25) is 4.68 Å². The molecule has 1 unspecified atom stereocenters. The third-order valence-corrected chi connectivity index (χ3v) is 5.28. The molecule has 0 aliphatic heterocycles. The summed E-state index contributed by atoms with van der Waals surface area (Å²) in [5.41, 5.74) is 4.00. The van der Waals surface area contributed by atoms with Crippen molar-refractivity contribution in [2.45, 2.75) is 52.1 Å². The van der Waals surface area contributed by atoms with Gasteiger partial charge in [0, 0.05) is 11.7 Å². The zero-order valence-electron chi connectivity index (χ0n) is 13.7. The predicted octanol–water partition coefficient (Wildman–Crippen LogP) is 2.48. The molecule has 0 aliphatic carbocycles. The van der Waals surface area contributed by atoms with Gasteiger partial charge in [0.25, 0.3) is 0 Å². The highest BCUT2D eigenvalue weighted by atomic mass is 32.2. The smallest absolute Gasteiger partial charge is 0.240 e. The summed E-state index contributed by atoms with van der Waals surface area (Å²) >= 11 is 0. The highest BCUT2D eigenvalue weighted by Crippen LogP contribution is 2.15. The minimum absolute atomic E-state index is 0.246. The second-order valence-electron chi connectivity index (χ2n) is 5.88. The molecule has 1 aromatic heterocycles. The van der Waals surface area contributed by atoms with E-state index in [2.05, 4.69) is 9.82 Å². The molecule has 120 valence electrons. The SMILES string of the molecule is Cc1cc(C)n(CC(C)NS(=O)(=O)c2ccc(C)c(C)c2)n1. The van der Waals surface area contributed by atoms with E-state index in [1.807, 2.05) is 51.4 Å². The van der Waals surface area contributed by atoms with E-state index >= 15 is 0 Å². The van der Waals surface area contributed by atoms with E-state index in [-0.39, 0.29) is 6.04 Å². The van der Waals surface area contributed by atoms with E-state index < -0.39 is 10.0 Å². The summed E-state index contributed by atoms with van der Waals surface area (Å²) in [5, 5.41) is 4.36. The Bertz CT molecular complexity index is 779. The first-order valence-electron chi connectivity index (χ1n) is 7.29. The van der Waals surface area contributed by atoms with E-state index in [4.69, 9.17) is 0 Å². The predicted molar refractivity (Wildman–Crippen MR) is 87.4 cm³/mol. The first-order chi connectivity index (χ1) is 10.2. The maximum Gasteiger partial charge on any atom is 0.240 e. The van der Waals surface area contributed by atoms with Crippen molar-refractivity contribution >= 4 is 10.0 Å². The Morgan fingerprint density at radius 1 is 1.14 bits per heavy atom. The normalized spacial score (nSPS) is 13.3. The monoisotopic (exact) mass is 321 g/mol. The Kier molecular flexibility index (Phi) is 4.72. The zero-order chi connectivity index (χ0) is 16.5. The van der Waals surface area contributed by atoms with E-state index in [0.29, 0.717) is 11.4 Å². The molecule has 0 saturated carbocycles. The Morgan fingerprint density at radius 2 is 1.82 bits per heavy atom. The van der Waals surface area contributed by atoms with Crippen molar-refractivity contribution in [2.75, 3.05) is 0 Å². The van der Waals surface area contributed by atoms with Crippen LogP contribution in [0.15, 0.2) is 29.2 Å². The highest BCUT2D eigenvalue weighted by Gasteiger charge is 2.18. The number of aromatic nitrogens is 2. The molecule has 22 heavy (non-hydrogen) atoms. The molecule has 0 amide bonds. The second kappa shape index (κ2) is 6.22. The van der Waals surface area contributed by atoms with Crippen LogP contribution in [0.4, 0.5) is 0 Å². The summed E-state index contributed by atoms with van der Waals surface area (Å²) in [6, 6.07) is 6.90. The fourth-order valence-corrected chi connectivity index (χ4v) is 3.69. The molecule has 1 N–H and O–H groups in total. The molecular formula is C16H23N3O2S. The number of benzene rings is 1. The summed E-state index contributed by atoms with van der Waals surface area (Å²) in [7, 11) is -3.52. The average Bonchev–Trinajstić information content (AvgIpc) is 2.70. The Balaban J connectivity index is 2.14. The molecule has 2 rings (SSSR count). The average molecular weight is 321 g/mol. The van der Waals surface area contributed by atoms with Crippen LogP contribution in [0.5, 0.6) is 0 Å². The van der Waals surface area contributed by atoms with E-state index in [1.54, 1.807) is 12.1 Å². The second-order valence-corrected chi connectivity index (χ2v) is 7.59. The minimum atomic E-state index is -3.52. The van der Waals surface area contributed by atoms with Crippen molar-refractivity contribution in [2.24, 2.45) is 0 Å². The third kappa shape index (κ3) is 3.75. The molecule has 0 saturated heterocycles. The van der Waals surface area contributed by atoms with Gasteiger partial charge in [-0.05, 0) is 63.9 Å². The van der Waals surface area contributed by atoms with Gasteiger partial charge < -0.3 is 0 Å². The quantitative estimate of drug-likeness (QED) is 0.920. The fourth-order valence-electron chi connectivity index (χ4n) is 2.37. The van der Waals surface area contributed by atoms with Gasteiger partial charge >= 0.3 is 0 Å². The van der Waals surface area contributed by atoms with Crippen LogP contribution in [-0.2, 0) is 16.6 Å². The molecule has 1 aromatic carbocycles. The maximum atomic E-state index is 12.4. The first-order valence-corrected chi connectivity index (χ1v) is 8.78. The summed E-state index contributed by atoms with van der Waals surface area (Å²) in [6.45, 7) is 10.1. The molecule has 5 nitrogen and oxygen atoms in total. The fraction of sp³-hybridized carbons (Fsp3) is 0.438.